The monoisotopic (exact) mass is 296 g/mol. The van der Waals surface area contributed by atoms with E-state index < -0.39 is 9.05 Å². The zero-order chi connectivity index (χ0) is 13.6. The molecule has 1 atom stereocenters. The van der Waals surface area contributed by atoms with Crippen LogP contribution in [0.1, 0.15) is 52.4 Å². The zero-order valence-electron chi connectivity index (χ0n) is 11.4. The lowest BCUT2D eigenvalue weighted by atomic mass is 9.89. The van der Waals surface area contributed by atoms with Crippen molar-refractivity contribution in [1.29, 1.82) is 0 Å². The molecular weight excluding hydrogens is 272 g/mol. The van der Waals surface area contributed by atoms with Gasteiger partial charge in [-0.2, -0.15) is 0 Å². The molecule has 3 nitrogen and oxygen atoms in total. The molecule has 1 saturated carbocycles. The third kappa shape index (κ3) is 6.95. The van der Waals surface area contributed by atoms with Crippen LogP contribution < -0.4 is 0 Å². The summed E-state index contributed by atoms with van der Waals surface area (Å²) in [5.74, 6) is 0.877. The van der Waals surface area contributed by atoms with Gasteiger partial charge in [-0.25, -0.2) is 8.42 Å². The van der Waals surface area contributed by atoms with E-state index >= 15 is 0 Å². The second kappa shape index (κ2) is 7.71. The van der Waals surface area contributed by atoms with Crippen molar-refractivity contribution in [3.63, 3.8) is 0 Å². The SMILES string of the molecule is CCCC(COC1CCC(C)CC1)CS(=O)(=O)Cl. The van der Waals surface area contributed by atoms with Crippen molar-refractivity contribution in [3.05, 3.63) is 0 Å². The molecule has 1 unspecified atom stereocenters. The van der Waals surface area contributed by atoms with Crippen molar-refractivity contribution in [2.75, 3.05) is 12.4 Å². The summed E-state index contributed by atoms with van der Waals surface area (Å²) in [6, 6.07) is 0. The molecule has 0 aromatic rings. The van der Waals surface area contributed by atoms with Gasteiger partial charge in [-0.1, -0.05) is 20.3 Å². The van der Waals surface area contributed by atoms with Gasteiger partial charge in [-0.15, -0.1) is 0 Å². The Labute approximate surface area is 116 Å². The highest BCUT2D eigenvalue weighted by molar-refractivity contribution is 8.13. The van der Waals surface area contributed by atoms with Crippen LogP contribution >= 0.6 is 10.7 Å². The van der Waals surface area contributed by atoms with E-state index in [1.54, 1.807) is 0 Å². The molecule has 0 bridgehead atoms. The van der Waals surface area contributed by atoms with E-state index in [4.69, 9.17) is 15.4 Å². The van der Waals surface area contributed by atoms with E-state index in [0.29, 0.717) is 12.7 Å². The van der Waals surface area contributed by atoms with Crippen LogP contribution in [0.15, 0.2) is 0 Å². The maximum atomic E-state index is 11.1. The molecule has 1 aliphatic carbocycles. The summed E-state index contributed by atoms with van der Waals surface area (Å²) in [6.45, 7) is 4.85. The number of halogens is 1. The minimum Gasteiger partial charge on any atom is -0.378 e. The number of ether oxygens (including phenoxy) is 1. The molecule has 0 aromatic heterocycles. The predicted molar refractivity (Wildman–Crippen MR) is 75.4 cm³/mol. The molecule has 5 heteroatoms. The molecule has 1 rings (SSSR count). The summed E-state index contributed by atoms with van der Waals surface area (Å²) >= 11 is 0. The molecule has 0 spiro atoms. The molecule has 0 saturated heterocycles. The lowest BCUT2D eigenvalue weighted by Gasteiger charge is -2.27. The Morgan fingerprint density at radius 3 is 2.39 bits per heavy atom. The summed E-state index contributed by atoms with van der Waals surface area (Å²) in [4.78, 5) is 0. The molecule has 0 heterocycles. The topological polar surface area (TPSA) is 43.4 Å². The first-order valence-corrected chi connectivity index (χ1v) is 9.42. The van der Waals surface area contributed by atoms with Crippen LogP contribution in [0.4, 0.5) is 0 Å². The molecule has 0 aromatic carbocycles. The van der Waals surface area contributed by atoms with Gasteiger partial charge in [0.05, 0.1) is 18.5 Å². The Balaban J connectivity index is 2.33. The van der Waals surface area contributed by atoms with Crippen LogP contribution in [0.3, 0.4) is 0 Å². The molecule has 0 amide bonds. The van der Waals surface area contributed by atoms with E-state index in [-0.39, 0.29) is 11.7 Å². The summed E-state index contributed by atoms with van der Waals surface area (Å²) < 4.78 is 28.1. The first-order chi connectivity index (χ1) is 8.40. The van der Waals surface area contributed by atoms with Crippen molar-refractivity contribution < 1.29 is 13.2 Å². The van der Waals surface area contributed by atoms with Crippen molar-refractivity contribution in [2.45, 2.75) is 58.5 Å². The summed E-state index contributed by atoms with van der Waals surface area (Å²) in [5.41, 5.74) is 0. The maximum Gasteiger partial charge on any atom is 0.232 e. The van der Waals surface area contributed by atoms with E-state index in [2.05, 4.69) is 13.8 Å². The van der Waals surface area contributed by atoms with Crippen LogP contribution in [0, 0.1) is 11.8 Å². The van der Waals surface area contributed by atoms with Crippen molar-refractivity contribution in [1.82, 2.24) is 0 Å². The Kier molecular flexibility index (Phi) is 6.96. The van der Waals surface area contributed by atoms with Crippen LogP contribution in [-0.2, 0) is 13.8 Å². The molecule has 18 heavy (non-hydrogen) atoms. The summed E-state index contributed by atoms with van der Waals surface area (Å²) in [7, 11) is 1.91. The number of hydrogen-bond donors (Lipinski definition) is 0. The second-order valence-electron chi connectivity index (χ2n) is 5.58. The first kappa shape index (κ1) is 16.3. The van der Waals surface area contributed by atoms with Crippen LogP contribution in [0.2, 0.25) is 0 Å². The van der Waals surface area contributed by atoms with Gasteiger partial charge in [0.2, 0.25) is 9.05 Å². The van der Waals surface area contributed by atoms with Crippen LogP contribution in [-0.4, -0.2) is 26.9 Å². The highest BCUT2D eigenvalue weighted by Crippen LogP contribution is 2.26. The van der Waals surface area contributed by atoms with Crippen molar-refractivity contribution in [2.24, 2.45) is 11.8 Å². The second-order valence-corrected chi connectivity index (χ2v) is 8.40. The quantitative estimate of drug-likeness (QED) is 0.675. The van der Waals surface area contributed by atoms with E-state index in [1.807, 2.05) is 0 Å². The fraction of sp³-hybridized carbons (Fsp3) is 1.00. The molecular formula is C13H25ClO3S. The third-order valence-electron chi connectivity index (χ3n) is 3.66. The largest absolute Gasteiger partial charge is 0.378 e. The molecule has 1 aliphatic rings. The average Bonchev–Trinajstić information content (AvgIpc) is 2.26. The van der Waals surface area contributed by atoms with Crippen molar-refractivity contribution in [3.8, 4) is 0 Å². The van der Waals surface area contributed by atoms with Crippen LogP contribution in [0.25, 0.3) is 0 Å². The first-order valence-electron chi connectivity index (χ1n) is 6.94. The van der Waals surface area contributed by atoms with Gasteiger partial charge in [0.25, 0.3) is 0 Å². The highest BCUT2D eigenvalue weighted by Gasteiger charge is 2.22. The average molecular weight is 297 g/mol. The maximum absolute atomic E-state index is 11.1. The fourth-order valence-corrected chi connectivity index (χ4v) is 3.93. The van der Waals surface area contributed by atoms with Gasteiger partial charge in [0.15, 0.2) is 0 Å². The molecule has 0 radical (unpaired) electrons. The molecule has 0 N–H and O–H groups in total. The van der Waals surface area contributed by atoms with E-state index in [1.165, 1.54) is 12.8 Å². The van der Waals surface area contributed by atoms with Gasteiger partial charge in [-0.05, 0) is 43.9 Å². The standard InChI is InChI=1S/C13H25ClO3S/c1-3-4-12(10-18(14,15)16)9-17-13-7-5-11(2)6-8-13/h11-13H,3-10H2,1-2H3. The smallest absolute Gasteiger partial charge is 0.232 e. The van der Waals surface area contributed by atoms with E-state index in [0.717, 1.165) is 31.6 Å². The summed E-state index contributed by atoms with van der Waals surface area (Å²) in [6.07, 6.45) is 6.78. The highest BCUT2D eigenvalue weighted by atomic mass is 35.7. The lowest BCUT2D eigenvalue weighted by molar-refractivity contribution is 0.00268. The van der Waals surface area contributed by atoms with Gasteiger partial charge in [0, 0.05) is 10.7 Å². The Morgan fingerprint density at radius 2 is 1.89 bits per heavy atom. The Hall–Kier alpha value is 0.200. The number of hydrogen-bond acceptors (Lipinski definition) is 3. The third-order valence-corrected chi connectivity index (χ3v) is 4.91. The van der Waals surface area contributed by atoms with Gasteiger partial charge < -0.3 is 4.74 Å². The Morgan fingerprint density at radius 1 is 1.28 bits per heavy atom. The van der Waals surface area contributed by atoms with E-state index in [9.17, 15) is 8.42 Å². The minimum absolute atomic E-state index is 0.0333. The zero-order valence-corrected chi connectivity index (χ0v) is 13.0. The normalized spacial score (nSPS) is 27.1. The summed E-state index contributed by atoms with van der Waals surface area (Å²) in [5, 5.41) is 0. The van der Waals surface area contributed by atoms with Crippen LogP contribution in [0.5, 0.6) is 0 Å². The molecule has 0 aliphatic heterocycles. The molecule has 108 valence electrons. The number of rotatable bonds is 7. The van der Waals surface area contributed by atoms with Crippen molar-refractivity contribution >= 4 is 19.7 Å². The predicted octanol–water partition coefficient (Wildman–Crippen LogP) is 3.57. The molecule has 1 fully saturated rings. The Bertz CT molecular complexity index is 321. The van der Waals surface area contributed by atoms with Gasteiger partial charge >= 0.3 is 0 Å². The lowest BCUT2D eigenvalue weighted by Crippen LogP contribution is -2.25. The van der Waals surface area contributed by atoms with Gasteiger partial charge in [-0.3, -0.25) is 0 Å². The fourth-order valence-electron chi connectivity index (χ4n) is 2.57. The van der Waals surface area contributed by atoms with Gasteiger partial charge in [0.1, 0.15) is 0 Å². The minimum atomic E-state index is -3.42.